The third-order valence-corrected chi connectivity index (χ3v) is 1.81. The van der Waals surface area contributed by atoms with Gasteiger partial charge in [-0.15, -0.1) is 0 Å². The van der Waals surface area contributed by atoms with Crippen LogP contribution in [0, 0.1) is 5.92 Å². The molecule has 2 saturated heterocycles. The molecule has 9 heavy (non-hydrogen) atoms. The van der Waals surface area contributed by atoms with Crippen molar-refractivity contribution in [3.8, 4) is 0 Å². The summed E-state index contributed by atoms with van der Waals surface area (Å²) in [4.78, 5) is 15.7. The van der Waals surface area contributed by atoms with E-state index in [1.165, 1.54) is 0 Å². The van der Waals surface area contributed by atoms with Crippen molar-refractivity contribution in [2.45, 2.75) is 6.10 Å². The smallest absolute Gasteiger partial charge is 0.250 e. The molecule has 50 valence electrons. The molecule has 0 radical (unpaired) electrons. The minimum atomic E-state index is 0.0185. The van der Waals surface area contributed by atoms with E-state index in [1.807, 2.05) is 0 Å². The van der Waals surface area contributed by atoms with Crippen LogP contribution in [0.4, 0.5) is 0 Å². The summed E-state index contributed by atoms with van der Waals surface area (Å²) >= 11 is 0. The number of hydrogen-bond acceptors (Lipinski definition) is 3. The summed E-state index contributed by atoms with van der Waals surface area (Å²) in [5.41, 5.74) is 2.34. The first-order valence-electron chi connectivity index (χ1n) is 3.04. The van der Waals surface area contributed by atoms with Gasteiger partial charge in [-0.3, -0.25) is 9.63 Å². The zero-order chi connectivity index (χ0) is 6.27. The lowest BCUT2D eigenvalue weighted by molar-refractivity contribution is -0.126. The van der Waals surface area contributed by atoms with E-state index in [-0.39, 0.29) is 17.9 Å². The zero-order valence-electron chi connectivity index (χ0n) is 4.89. The number of amides is 1. The molecule has 2 heterocycles. The van der Waals surface area contributed by atoms with E-state index in [0.29, 0.717) is 0 Å². The molecule has 4 heteroatoms. The fourth-order valence-electron chi connectivity index (χ4n) is 1.25. The molecule has 2 N–H and O–H groups in total. The van der Waals surface area contributed by atoms with Gasteiger partial charge in [0.05, 0.1) is 5.92 Å². The number of carbonyl (C=O) groups excluding carboxylic acids is 1. The van der Waals surface area contributed by atoms with Crippen LogP contribution >= 0.6 is 0 Å². The number of rotatable bonds is 0. The molecular formula is C5H8N2O2. The predicted octanol–water partition coefficient (Wildman–Crippen LogP) is -1.36. The molecule has 0 unspecified atom stereocenters. The molecular weight excluding hydrogens is 120 g/mol. The van der Waals surface area contributed by atoms with Crippen molar-refractivity contribution in [2.24, 2.45) is 5.92 Å². The van der Waals surface area contributed by atoms with Gasteiger partial charge in [0.1, 0.15) is 6.10 Å². The Morgan fingerprint density at radius 3 is 3.22 bits per heavy atom. The Morgan fingerprint density at radius 1 is 1.56 bits per heavy atom. The molecule has 2 atom stereocenters. The van der Waals surface area contributed by atoms with Gasteiger partial charge in [0.15, 0.2) is 0 Å². The third-order valence-electron chi connectivity index (χ3n) is 1.81. The lowest BCUT2D eigenvalue weighted by atomic mass is 10.1. The maximum absolute atomic E-state index is 10.8. The minimum absolute atomic E-state index is 0.0185. The third kappa shape index (κ3) is 0.635. The predicted molar refractivity (Wildman–Crippen MR) is 29.4 cm³/mol. The molecule has 0 aromatic carbocycles. The fraction of sp³-hybridized carbons (Fsp3) is 0.800. The van der Waals surface area contributed by atoms with Gasteiger partial charge in [-0.1, -0.05) is 0 Å². The van der Waals surface area contributed by atoms with Gasteiger partial charge in [0, 0.05) is 13.1 Å². The van der Waals surface area contributed by atoms with E-state index in [9.17, 15) is 4.79 Å². The fourth-order valence-corrected chi connectivity index (χ4v) is 1.25. The average Bonchev–Trinajstić information content (AvgIpc) is 2.35. The first kappa shape index (κ1) is 5.20. The van der Waals surface area contributed by atoms with Crippen LogP contribution in [0.1, 0.15) is 0 Å². The SMILES string of the molecule is O=C1NO[C@@H]2CNC[C@H]12. The molecule has 4 nitrogen and oxygen atoms in total. The quantitative estimate of drug-likeness (QED) is 0.423. The lowest BCUT2D eigenvalue weighted by Gasteiger charge is -1.98. The summed E-state index contributed by atoms with van der Waals surface area (Å²) in [5.74, 6) is 0.0787. The van der Waals surface area contributed by atoms with Crippen LogP contribution in [0.2, 0.25) is 0 Å². The molecule has 2 aliphatic rings. The summed E-state index contributed by atoms with van der Waals surface area (Å²) < 4.78 is 0. The Morgan fingerprint density at radius 2 is 2.44 bits per heavy atom. The second-order valence-corrected chi connectivity index (χ2v) is 2.39. The first-order chi connectivity index (χ1) is 4.38. The van der Waals surface area contributed by atoms with Gasteiger partial charge in [-0.2, -0.15) is 0 Å². The number of carbonyl (C=O) groups is 1. The van der Waals surface area contributed by atoms with Crippen molar-refractivity contribution in [2.75, 3.05) is 13.1 Å². The summed E-state index contributed by atoms with van der Waals surface area (Å²) in [5, 5.41) is 3.07. The van der Waals surface area contributed by atoms with Crippen molar-refractivity contribution >= 4 is 5.91 Å². The molecule has 2 fully saturated rings. The molecule has 0 bridgehead atoms. The Labute approximate surface area is 52.5 Å². The number of hydrogen-bond donors (Lipinski definition) is 2. The van der Waals surface area contributed by atoms with E-state index in [0.717, 1.165) is 13.1 Å². The van der Waals surface area contributed by atoms with Crippen LogP contribution < -0.4 is 10.8 Å². The van der Waals surface area contributed by atoms with Crippen LogP contribution in [-0.2, 0) is 9.63 Å². The number of fused-ring (bicyclic) bond motifs is 1. The molecule has 2 rings (SSSR count). The largest absolute Gasteiger partial charge is 0.313 e. The minimum Gasteiger partial charge on any atom is -0.313 e. The molecule has 2 aliphatic heterocycles. The highest BCUT2D eigenvalue weighted by molar-refractivity contribution is 5.80. The highest BCUT2D eigenvalue weighted by atomic mass is 16.7. The Bertz CT molecular complexity index is 148. The van der Waals surface area contributed by atoms with Crippen molar-refractivity contribution in [3.63, 3.8) is 0 Å². The highest BCUT2D eigenvalue weighted by Crippen LogP contribution is 2.16. The van der Waals surface area contributed by atoms with Gasteiger partial charge in [-0.05, 0) is 0 Å². The van der Waals surface area contributed by atoms with Crippen LogP contribution in [0.25, 0.3) is 0 Å². The van der Waals surface area contributed by atoms with Crippen molar-refractivity contribution in [1.82, 2.24) is 10.8 Å². The van der Waals surface area contributed by atoms with Crippen molar-refractivity contribution < 1.29 is 9.63 Å². The van der Waals surface area contributed by atoms with Gasteiger partial charge >= 0.3 is 0 Å². The molecule has 1 amide bonds. The van der Waals surface area contributed by atoms with E-state index in [1.54, 1.807) is 0 Å². The summed E-state index contributed by atoms with van der Waals surface area (Å²) in [6.45, 7) is 1.56. The van der Waals surface area contributed by atoms with Gasteiger partial charge < -0.3 is 5.32 Å². The topological polar surface area (TPSA) is 50.4 Å². The van der Waals surface area contributed by atoms with Gasteiger partial charge in [0.25, 0.3) is 5.91 Å². The maximum atomic E-state index is 10.8. The number of nitrogens with one attached hydrogen (secondary N) is 2. The Hall–Kier alpha value is -0.610. The van der Waals surface area contributed by atoms with Crippen LogP contribution in [0.5, 0.6) is 0 Å². The van der Waals surface area contributed by atoms with Crippen LogP contribution in [0.15, 0.2) is 0 Å². The van der Waals surface area contributed by atoms with Crippen LogP contribution in [0.3, 0.4) is 0 Å². The maximum Gasteiger partial charge on any atom is 0.250 e. The van der Waals surface area contributed by atoms with E-state index in [4.69, 9.17) is 4.84 Å². The normalized spacial score (nSPS) is 40.7. The van der Waals surface area contributed by atoms with Gasteiger partial charge in [-0.25, -0.2) is 5.48 Å². The molecule has 0 saturated carbocycles. The summed E-state index contributed by atoms with van der Waals surface area (Å²) in [7, 11) is 0. The highest BCUT2D eigenvalue weighted by Gasteiger charge is 2.39. The molecule has 0 aliphatic carbocycles. The first-order valence-corrected chi connectivity index (χ1v) is 3.04. The van der Waals surface area contributed by atoms with E-state index in [2.05, 4.69) is 10.8 Å². The Balaban J connectivity index is 2.15. The standard InChI is InChI=1S/C5H8N2O2/c8-5-3-1-6-2-4(3)9-7-5/h3-4,6H,1-2H2,(H,7,8)/t3-,4+/m0/s1. The summed E-state index contributed by atoms with van der Waals surface area (Å²) in [6, 6.07) is 0. The molecule has 0 aromatic rings. The van der Waals surface area contributed by atoms with E-state index < -0.39 is 0 Å². The zero-order valence-corrected chi connectivity index (χ0v) is 4.89. The average molecular weight is 128 g/mol. The second kappa shape index (κ2) is 1.68. The lowest BCUT2D eigenvalue weighted by Crippen LogP contribution is -2.23. The second-order valence-electron chi connectivity index (χ2n) is 2.39. The molecule has 0 spiro atoms. The van der Waals surface area contributed by atoms with Gasteiger partial charge in [0.2, 0.25) is 0 Å². The number of hydroxylamine groups is 1. The summed E-state index contributed by atoms with van der Waals surface area (Å²) in [6.07, 6.45) is 0.0810. The Kier molecular flexibility index (Phi) is 0.972. The van der Waals surface area contributed by atoms with Crippen LogP contribution in [-0.4, -0.2) is 25.1 Å². The molecule has 0 aromatic heterocycles. The van der Waals surface area contributed by atoms with Crippen molar-refractivity contribution in [1.29, 1.82) is 0 Å². The van der Waals surface area contributed by atoms with E-state index >= 15 is 0 Å². The van der Waals surface area contributed by atoms with Crippen molar-refractivity contribution in [3.05, 3.63) is 0 Å². The monoisotopic (exact) mass is 128 g/mol.